The molecule has 1 aliphatic heterocycles. The van der Waals surface area contributed by atoms with Crippen molar-refractivity contribution in [2.75, 3.05) is 6.61 Å². The molecule has 5 nitrogen and oxygen atoms in total. The molecule has 2 heterocycles. The highest BCUT2D eigenvalue weighted by molar-refractivity contribution is 5.29. The van der Waals surface area contributed by atoms with Gasteiger partial charge in [0.15, 0.2) is 0 Å². The summed E-state index contributed by atoms with van der Waals surface area (Å²) in [6.45, 7) is 1.30. The van der Waals surface area contributed by atoms with E-state index in [9.17, 15) is 0 Å². The molecule has 1 aromatic carbocycles. The summed E-state index contributed by atoms with van der Waals surface area (Å²) in [5.74, 6) is 1.28. The Morgan fingerprint density at radius 2 is 2.11 bits per heavy atom. The molecule has 0 bridgehead atoms. The highest BCUT2D eigenvalue weighted by Crippen LogP contribution is 2.26. The summed E-state index contributed by atoms with van der Waals surface area (Å²) in [4.78, 5) is 4.42. The third-order valence-electron chi connectivity index (χ3n) is 3.38. The van der Waals surface area contributed by atoms with Crippen molar-refractivity contribution in [3.8, 4) is 0 Å². The number of nitrogens with zero attached hydrogens (tertiary/aromatic N) is 2. The molecule has 19 heavy (non-hydrogen) atoms. The molecule has 1 aromatic heterocycles. The third kappa shape index (κ3) is 2.67. The van der Waals surface area contributed by atoms with E-state index < -0.39 is 0 Å². The van der Waals surface area contributed by atoms with Gasteiger partial charge in [-0.1, -0.05) is 29.4 Å². The fraction of sp³-hybridized carbons (Fsp3) is 0.429. The molecule has 0 radical (unpaired) electrons. The first kappa shape index (κ1) is 12.3. The van der Waals surface area contributed by atoms with Gasteiger partial charge in [0.1, 0.15) is 6.10 Å². The number of ether oxygens (including phenoxy) is 1. The standard InChI is InChI=1S/C14H17N3O2/c15-9-11-5-2-1-4-10(11)8-13-16-14(17-19-13)12-6-3-7-18-12/h1-2,4-5,12H,3,6-9,15H2. The lowest BCUT2D eigenvalue weighted by Gasteiger charge is -2.04. The Kier molecular flexibility index (Phi) is 3.57. The summed E-state index contributed by atoms with van der Waals surface area (Å²) in [6, 6.07) is 8.04. The van der Waals surface area contributed by atoms with Gasteiger partial charge in [0, 0.05) is 13.2 Å². The van der Waals surface area contributed by atoms with E-state index >= 15 is 0 Å². The predicted molar refractivity (Wildman–Crippen MR) is 69.4 cm³/mol. The van der Waals surface area contributed by atoms with Gasteiger partial charge in [-0.25, -0.2) is 0 Å². The molecule has 2 N–H and O–H groups in total. The average Bonchev–Trinajstić information content (AvgIpc) is 3.09. The highest BCUT2D eigenvalue weighted by atomic mass is 16.5. The van der Waals surface area contributed by atoms with Gasteiger partial charge in [-0.3, -0.25) is 0 Å². The van der Waals surface area contributed by atoms with Crippen LogP contribution in [-0.2, 0) is 17.7 Å². The first-order chi connectivity index (χ1) is 9.36. The van der Waals surface area contributed by atoms with E-state index in [1.807, 2.05) is 24.3 Å². The summed E-state index contributed by atoms with van der Waals surface area (Å²) >= 11 is 0. The van der Waals surface area contributed by atoms with Crippen LogP contribution in [0.25, 0.3) is 0 Å². The molecule has 1 unspecified atom stereocenters. The van der Waals surface area contributed by atoms with E-state index in [2.05, 4.69) is 10.1 Å². The Balaban J connectivity index is 1.76. The molecule has 0 spiro atoms. The van der Waals surface area contributed by atoms with E-state index in [1.54, 1.807) is 0 Å². The zero-order chi connectivity index (χ0) is 13.1. The summed E-state index contributed by atoms with van der Waals surface area (Å²) in [6.07, 6.45) is 2.65. The first-order valence-electron chi connectivity index (χ1n) is 6.58. The average molecular weight is 259 g/mol. The van der Waals surface area contributed by atoms with Gasteiger partial charge in [0.25, 0.3) is 0 Å². The molecular formula is C14H17N3O2. The van der Waals surface area contributed by atoms with Crippen LogP contribution in [0.5, 0.6) is 0 Å². The molecule has 0 saturated carbocycles. The zero-order valence-electron chi connectivity index (χ0n) is 10.7. The fourth-order valence-corrected chi connectivity index (χ4v) is 2.34. The Labute approximate surface area is 111 Å². The van der Waals surface area contributed by atoms with Crippen LogP contribution in [0, 0.1) is 0 Å². The Bertz CT molecular complexity index is 547. The van der Waals surface area contributed by atoms with Crippen LogP contribution < -0.4 is 5.73 Å². The molecule has 100 valence electrons. The minimum atomic E-state index is 0.00209. The SMILES string of the molecule is NCc1ccccc1Cc1nc(C2CCCO2)no1. The molecule has 3 rings (SSSR count). The smallest absolute Gasteiger partial charge is 0.231 e. The van der Waals surface area contributed by atoms with Gasteiger partial charge in [0.2, 0.25) is 11.7 Å². The van der Waals surface area contributed by atoms with Crippen LogP contribution in [0.3, 0.4) is 0 Å². The molecule has 5 heteroatoms. The zero-order valence-corrected chi connectivity index (χ0v) is 10.7. The summed E-state index contributed by atoms with van der Waals surface area (Å²) in [5, 5.41) is 4.01. The van der Waals surface area contributed by atoms with Crippen molar-refractivity contribution in [2.45, 2.75) is 31.9 Å². The number of rotatable bonds is 4. The van der Waals surface area contributed by atoms with Gasteiger partial charge >= 0.3 is 0 Å². The predicted octanol–water partition coefficient (Wildman–Crippen LogP) is 1.97. The number of hydrogen-bond donors (Lipinski definition) is 1. The molecule has 1 fully saturated rings. The van der Waals surface area contributed by atoms with Crippen molar-refractivity contribution < 1.29 is 9.26 Å². The van der Waals surface area contributed by atoms with Crippen molar-refractivity contribution in [3.05, 3.63) is 47.1 Å². The van der Waals surface area contributed by atoms with Gasteiger partial charge < -0.3 is 15.0 Å². The lowest BCUT2D eigenvalue weighted by Crippen LogP contribution is -2.02. The Morgan fingerprint density at radius 1 is 1.26 bits per heavy atom. The van der Waals surface area contributed by atoms with E-state index in [0.717, 1.165) is 30.6 Å². The number of nitrogens with two attached hydrogens (primary N) is 1. The van der Waals surface area contributed by atoms with Crippen LogP contribution in [0.1, 0.15) is 41.8 Å². The monoisotopic (exact) mass is 259 g/mol. The van der Waals surface area contributed by atoms with Crippen molar-refractivity contribution in [3.63, 3.8) is 0 Å². The lowest BCUT2D eigenvalue weighted by atomic mass is 10.0. The second-order valence-corrected chi connectivity index (χ2v) is 4.70. The van der Waals surface area contributed by atoms with Crippen LogP contribution in [-0.4, -0.2) is 16.7 Å². The first-order valence-corrected chi connectivity index (χ1v) is 6.58. The molecule has 1 aliphatic rings. The van der Waals surface area contributed by atoms with Crippen LogP contribution >= 0.6 is 0 Å². The molecule has 0 amide bonds. The lowest BCUT2D eigenvalue weighted by molar-refractivity contribution is 0.103. The maximum absolute atomic E-state index is 5.72. The number of aromatic nitrogens is 2. The molecule has 1 atom stereocenters. The van der Waals surface area contributed by atoms with E-state index in [0.29, 0.717) is 24.7 Å². The maximum atomic E-state index is 5.72. The van der Waals surface area contributed by atoms with Gasteiger partial charge in [-0.05, 0) is 24.0 Å². The van der Waals surface area contributed by atoms with E-state index in [4.69, 9.17) is 15.0 Å². The fourth-order valence-electron chi connectivity index (χ4n) is 2.34. The topological polar surface area (TPSA) is 74.2 Å². The van der Waals surface area contributed by atoms with Gasteiger partial charge in [0.05, 0.1) is 6.42 Å². The van der Waals surface area contributed by atoms with Crippen molar-refractivity contribution in [2.24, 2.45) is 5.73 Å². The second kappa shape index (κ2) is 5.50. The van der Waals surface area contributed by atoms with Crippen molar-refractivity contribution in [1.29, 1.82) is 0 Å². The number of benzene rings is 1. The minimum absolute atomic E-state index is 0.00209. The van der Waals surface area contributed by atoms with Crippen molar-refractivity contribution >= 4 is 0 Å². The molecule has 0 aliphatic carbocycles. The third-order valence-corrected chi connectivity index (χ3v) is 3.38. The van der Waals surface area contributed by atoms with Crippen LogP contribution in [0.15, 0.2) is 28.8 Å². The Morgan fingerprint density at radius 3 is 2.84 bits per heavy atom. The van der Waals surface area contributed by atoms with Crippen molar-refractivity contribution in [1.82, 2.24) is 10.1 Å². The summed E-state index contributed by atoms with van der Waals surface area (Å²) < 4.78 is 10.8. The van der Waals surface area contributed by atoms with Gasteiger partial charge in [-0.2, -0.15) is 4.98 Å². The largest absolute Gasteiger partial charge is 0.370 e. The van der Waals surface area contributed by atoms with Gasteiger partial charge in [-0.15, -0.1) is 0 Å². The van der Waals surface area contributed by atoms with Crippen LogP contribution in [0.4, 0.5) is 0 Å². The van der Waals surface area contributed by atoms with E-state index in [1.165, 1.54) is 0 Å². The van der Waals surface area contributed by atoms with E-state index in [-0.39, 0.29) is 6.10 Å². The normalized spacial score (nSPS) is 18.9. The summed E-state index contributed by atoms with van der Waals surface area (Å²) in [5.41, 5.74) is 7.96. The maximum Gasteiger partial charge on any atom is 0.231 e. The second-order valence-electron chi connectivity index (χ2n) is 4.70. The minimum Gasteiger partial charge on any atom is -0.370 e. The molecule has 1 saturated heterocycles. The highest BCUT2D eigenvalue weighted by Gasteiger charge is 2.23. The molecule has 2 aromatic rings. The van der Waals surface area contributed by atoms with Crippen LogP contribution in [0.2, 0.25) is 0 Å². The summed E-state index contributed by atoms with van der Waals surface area (Å²) in [7, 11) is 0. The quantitative estimate of drug-likeness (QED) is 0.908. The molecular weight excluding hydrogens is 242 g/mol. The Hall–Kier alpha value is -1.72. The number of hydrogen-bond acceptors (Lipinski definition) is 5.